The molecule has 0 atom stereocenters. The second-order valence-corrected chi connectivity index (χ2v) is 2.94. The van der Waals surface area contributed by atoms with Gasteiger partial charge in [0.15, 0.2) is 5.52 Å². The minimum Gasteiger partial charge on any atom is -0.395 e. The molecule has 0 amide bonds. The topological polar surface area (TPSA) is 124 Å². The number of nitrogens with one attached hydrogen (secondary N) is 3. The molecule has 8 heteroatoms. The summed E-state index contributed by atoms with van der Waals surface area (Å²) in [6.07, 6.45) is 0. The van der Waals surface area contributed by atoms with Crippen molar-refractivity contribution in [2.45, 2.75) is 6.54 Å². The number of imidazole rings is 1. The third kappa shape index (κ3) is 1.40. The van der Waals surface area contributed by atoms with E-state index >= 15 is 0 Å². The molecule has 2 rings (SSSR count). The number of aliphatic hydroxyl groups excluding tert-OH is 1. The zero-order valence-electron chi connectivity index (χ0n) is 7.53. The Hall–Kier alpha value is -2.09. The fraction of sp³-hybridized carbons (Fsp3) is 0.286. The molecule has 4 N–H and O–H groups in total. The summed E-state index contributed by atoms with van der Waals surface area (Å²) in [5, 5.41) is 8.65. The van der Waals surface area contributed by atoms with E-state index in [0.717, 1.165) is 4.57 Å². The van der Waals surface area contributed by atoms with E-state index in [-0.39, 0.29) is 24.3 Å². The Morgan fingerprint density at radius 3 is 2.53 bits per heavy atom. The fourth-order valence-electron chi connectivity index (χ4n) is 1.34. The predicted octanol–water partition coefficient (Wildman–Crippen LogP) is -2.30. The summed E-state index contributed by atoms with van der Waals surface area (Å²) in [6, 6.07) is 0. The van der Waals surface area contributed by atoms with E-state index in [1.165, 1.54) is 0 Å². The number of rotatable bonds is 2. The summed E-state index contributed by atoms with van der Waals surface area (Å²) < 4.78 is 0.812. The maximum absolute atomic E-state index is 11.6. The highest BCUT2D eigenvalue weighted by molar-refractivity contribution is 5.67. The smallest absolute Gasteiger partial charge is 0.330 e. The van der Waals surface area contributed by atoms with E-state index in [1.54, 1.807) is 0 Å². The lowest BCUT2D eigenvalue weighted by Crippen LogP contribution is -2.36. The van der Waals surface area contributed by atoms with Gasteiger partial charge in [0.2, 0.25) is 0 Å². The number of fused-ring (bicyclic) bond motifs is 1. The summed E-state index contributed by atoms with van der Waals surface area (Å²) in [5.41, 5.74) is -1.82. The van der Waals surface area contributed by atoms with Crippen LogP contribution >= 0.6 is 0 Å². The summed E-state index contributed by atoms with van der Waals surface area (Å²) in [4.78, 5) is 40.6. The second kappa shape index (κ2) is 3.24. The molecule has 0 spiro atoms. The first-order chi connectivity index (χ1) is 7.13. The van der Waals surface area contributed by atoms with Crippen molar-refractivity contribution in [1.82, 2.24) is 19.5 Å². The van der Waals surface area contributed by atoms with Gasteiger partial charge in [-0.15, -0.1) is 0 Å². The molecule has 0 saturated heterocycles. The van der Waals surface area contributed by atoms with Gasteiger partial charge in [-0.05, 0) is 0 Å². The normalized spacial score (nSPS) is 11.0. The van der Waals surface area contributed by atoms with E-state index in [1.807, 2.05) is 0 Å². The third-order valence-electron chi connectivity index (χ3n) is 1.99. The molecule has 0 saturated carbocycles. The maximum atomic E-state index is 11.6. The molecular formula is C7H8N4O4. The first kappa shape index (κ1) is 9.46. The van der Waals surface area contributed by atoms with Crippen LogP contribution in [0.5, 0.6) is 0 Å². The van der Waals surface area contributed by atoms with E-state index < -0.39 is 16.9 Å². The average Bonchev–Trinajstić information content (AvgIpc) is 2.53. The highest BCUT2D eigenvalue weighted by atomic mass is 16.3. The maximum Gasteiger partial charge on any atom is 0.330 e. The van der Waals surface area contributed by atoms with E-state index in [9.17, 15) is 14.4 Å². The van der Waals surface area contributed by atoms with Crippen molar-refractivity contribution in [2.75, 3.05) is 6.61 Å². The molecule has 0 aliphatic heterocycles. The Labute approximate surface area is 81.2 Å². The zero-order chi connectivity index (χ0) is 11.0. The molecular weight excluding hydrogens is 204 g/mol. The van der Waals surface area contributed by atoms with E-state index in [4.69, 9.17) is 5.11 Å². The van der Waals surface area contributed by atoms with Crippen LogP contribution in [0.4, 0.5) is 0 Å². The second-order valence-electron chi connectivity index (χ2n) is 2.94. The van der Waals surface area contributed by atoms with Crippen LogP contribution in [-0.4, -0.2) is 31.2 Å². The molecule has 15 heavy (non-hydrogen) atoms. The van der Waals surface area contributed by atoms with Gasteiger partial charge in [-0.1, -0.05) is 0 Å². The highest BCUT2D eigenvalue weighted by Gasteiger charge is 2.09. The van der Waals surface area contributed by atoms with Gasteiger partial charge < -0.3 is 5.11 Å². The molecule has 0 bridgehead atoms. The van der Waals surface area contributed by atoms with Crippen LogP contribution in [0.3, 0.4) is 0 Å². The van der Waals surface area contributed by atoms with Crippen LogP contribution in [0.15, 0.2) is 14.4 Å². The number of hydrogen-bond donors (Lipinski definition) is 4. The fourth-order valence-corrected chi connectivity index (χ4v) is 1.34. The number of aromatic nitrogens is 4. The molecule has 0 radical (unpaired) electrons. The van der Waals surface area contributed by atoms with Gasteiger partial charge in [0.1, 0.15) is 5.65 Å². The SMILES string of the molecule is O=c1[nH]c2[nH]c(=O)n(CCO)c(=O)c2[nH]1. The van der Waals surface area contributed by atoms with Gasteiger partial charge in [0.05, 0.1) is 13.2 Å². The third-order valence-corrected chi connectivity index (χ3v) is 1.99. The molecule has 0 aliphatic carbocycles. The van der Waals surface area contributed by atoms with Crippen LogP contribution in [0.2, 0.25) is 0 Å². The Kier molecular flexibility index (Phi) is 2.05. The van der Waals surface area contributed by atoms with Gasteiger partial charge in [-0.25, -0.2) is 9.59 Å². The van der Waals surface area contributed by atoms with Gasteiger partial charge in [0, 0.05) is 0 Å². The minimum absolute atomic E-state index is 0.00644. The lowest BCUT2D eigenvalue weighted by atomic mass is 10.5. The molecule has 0 aromatic carbocycles. The Bertz CT molecular complexity index is 658. The summed E-state index contributed by atoms with van der Waals surface area (Å²) >= 11 is 0. The van der Waals surface area contributed by atoms with E-state index in [0.29, 0.717) is 0 Å². The summed E-state index contributed by atoms with van der Waals surface area (Å²) in [5.74, 6) is 0. The monoisotopic (exact) mass is 212 g/mol. The van der Waals surface area contributed by atoms with Crippen molar-refractivity contribution >= 4 is 11.2 Å². The van der Waals surface area contributed by atoms with Crippen LogP contribution in [0.25, 0.3) is 11.2 Å². The van der Waals surface area contributed by atoms with Crippen molar-refractivity contribution in [3.8, 4) is 0 Å². The molecule has 8 nitrogen and oxygen atoms in total. The zero-order valence-corrected chi connectivity index (χ0v) is 7.53. The van der Waals surface area contributed by atoms with Gasteiger partial charge in [-0.2, -0.15) is 0 Å². The number of aromatic amines is 3. The molecule has 0 fully saturated rings. The van der Waals surface area contributed by atoms with Crippen molar-refractivity contribution in [2.24, 2.45) is 0 Å². The number of H-pyrrole nitrogens is 3. The molecule has 0 unspecified atom stereocenters. The van der Waals surface area contributed by atoms with Gasteiger partial charge >= 0.3 is 11.4 Å². The molecule has 0 aliphatic rings. The lowest BCUT2D eigenvalue weighted by Gasteiger charge is -2.00. The van der Waals surface area contributed by atoms with Crippen molar-refractivity contribution in [3.63, 3.8) is 0 Å². The first-order valence-corrected chi connectivity index (χ1v) is 4.19. The van der Waals surface area contributed by atoms with Gasteiger partial charge in [-0.3, -0.25) is 24.3 Å². The lowest BCUT2D eigenvalue weighted by molar-refractivity contribution is 0.272. The van der Waals surface area contributed by atoms with Gasteiger partial charge in [0.25, 0.3) is 5.56 Å². The van der Waals surface area contributed by atoms with Crippen LogP contribution in [0, 0.1) is 0 Å². The molecule has 80 valence electrons. The molecule has 2 aromatic rings. The van der Waals surface area contributed by atoms with Crippen LogP contribution < -0.4 is 16.9 Å². The Balaban J connectivity index is 2.89. The molecule has 2 aromatic heterocycles. The van der Waals surface area contributed by atoms with E-state index in [2.05, 4.69) is 15.0 Å². The number of hydrogen-bond acceptors (Lipinski definition) is 4. The van der Waals surface area contributed by atoms with Crippen molar-refractivity contribution in [3.05, 3.63) is 31.3 Å². The average molecular weight is 212 g/mol. The largest absolute Gasteiger partial charge is 0.395 e. The van der Waals surface area contributed by atoms with Crippen LogP contribution in [0.1, 0.15) is 0 Å². The summed E-state index contributed by atoms with van der Waals surface area (Å²) in [6.45, 7) is -0.444. The molecule has 2 heterocycles. The van der Waals surface area contributed by atoms with Crippen molar-refractivity contribution < 1.29 is 5.11 Å². The minimum atomic E-state index is -0.670. The Morgan fingerprint density at radius 1 is 1.13 bits per heavy atom. The van der Waals surface area contributed by atoms with Crippen molar-refractivity contribution in [1.29, 1.82) is 0 Å². The van der Waals surface area contributed by atoms with Crippen LogP contribution in [-0.2, 0) is 6.54 Å². The Morgan fingerprint density at radius 2 is 1.87 bits per heavy atom. The number of nitrogens with zero attached hydrogens (tertiary/aromatic N) is 1. The quantitative estimate of drug-likeness (QED) is 0.446. The summed E-state index contributed by atoms with van der Waals surface area (Å²) in [7, 11) is 0. The predicted molar refractivity (Wildman–Crippen MR) is 50.9 cm³/mol. The number of aliphatic hydroxyl groups is 1. The standard InChI is InChI=1S/C7H8N4O4/c12-2-1-11-5(13)3-4(10-7(11)15)9-6(14)8-3/h12H,1-2H2,(H,10,15)(H2,8,9,14). The highest BCUT2D eigenvalue weighted by Crippen LogP contribution is 1.91. The first-order valence-electron chi connectivity index (χ1n) is 4.19.